The first-order valence-electron chi connectivity index (χ1n) is 6.03. The van der Waals surface area contributed by atoms with Gasteiger partial charge in [0.2, 0.25) is 11.0 Å². The molecule has 1 amide bonds. The van der Waals surface area contributed by atoms with Crippen LogP contribution in [-0.2, 0) is 4.79 Å². The van der Waals surface area contributed by atoms with E-state index >= 15 is 0 Å². The van der Waals surface area contributed by atoms with Gasteiger partial charge in [0.05, 0.1) is 0 Å². The number of amides is 1. The standard InChI is InChI=1S/C11H13N5OS2/c1-2-5-18-10-14-13-9(19-10)12-8(17)7-3-4-11(6-7)15-16-11/h2,7H,1,3-6H2,(H,12,13,17). The summed E-state index contributed by atoms with van der Waals surface area (Å²) in [6, 6.07) is 0. The zero-order chi connectivity index (χ0) is 13.3. The van der Waals surface area contributed by atoms with Gasteiger partial charge in [-0.15, -0.1) is 16.8 Å². The molecule has 2 heterocycles. The maximum atomic E-state index is 12.1. The highest BCUT2D eigenvalue weighted by atomic mass is 32.2. The Morgan fingerprint density at radius 1 is 1.58 bits per heavy atom. The van der Waals surface area contributed by atoms with E-state index in [1.54, 1.807) is 11.8 Å². The topological polar surface area (TPSA) is 79.6 Å². The molecule has 1 unspecified atom stereocenters. The molecule has 1 saturated carbocycles. The van der Waals surface area contributed by atoms with Crippen LogP contribution in [0.2, 0.25) is 0 Å². The van der Waals surface area contributed by atoms with Crippen LogP contribution in [-0.4, -0.2) is 27.5 Å². The van der Waals surface area contributed by atoms with E-state index in [0.717, 1.165) is 29.4 Å². The summed E-state index contributed by atoms with van der Waals surface area (Å²) in [5.74, 6) is 0.783. The van der Waals surface area contributed by atoms with Gasteiger partial charge in [0.1, 0.15) is 0 Å². The second kappa shape index (κ2) is 5.01. The third-order valence-electron chi connectivity index (χ3n) is 3.18. The Morgan fingerprint density at radius 2 is 2.42 bits per heavy atom. The van der Waals surface area contributed by atoms with Gasteiger partial charge < -0.3 is 5.32 Å². The van der Waals surface area contributed by atoms with Crippen molar-refractivity contribution in [3.63, 3.8) is 0 Å². The summed E-state index contributed by atoms with van der Waals surface area (Å²) < 4.78 is 0.838. The first kappa shape index (κ1) is 12.7. The van der Waals surface area contributed by atoms with Crippen molar-refractivity contribution in [2.75, 3.05) is 11.1 Å². The predicted octanol–water partition coefficient (Wildman–Crippen LogP) is 2.72. The van der Waals surface area contributed by atoms with Crippen molar-refractivity contribution in [1.29, 1.82) is 0 Å². The average Bonchev–Trinajstić information content (AvgIpc) is 2.83. The molecule has 1 aliphatic heterocycles. The lowest BCUT2D eigenvalue weighted by atomic mass is 10.1. The number of rotatable bonds is 5. The Morgan fingerprint density at radius 3 is 3.11 bits per heavy atom. The van der Waals surface area contributed by atoms with Crippen LogP contribution in [0.3, 0.4) is 0 Å². The minimum absolute atomic E-state index is 0.00518. The summed E-state index contributed by atoms with van der Waals surface area (Å²) in [5, 5.41) is 19.4. The average molecular weight is 295 g/mol. The van der Waals surface area contributed by atoms with Crippen molar-refractivity contribution in [2.24, 2.45) is 16.1 Å². The molecule has 6 nitrogen and oxygen atoms in total. The van der Waals surface area contributed by atoms with Crippen molar-refractivity contribution >= 4 is 34.1 Å². The molecule has 19 heavy (non-hydrogen) atoms. The Kier molecular flexibility index (Phi) is 3.36. The molecule has 1 atom stereocenters. The van der Waals surface area contributed by atoms with Gasteiger partial charge in [-0.25, -0.2) is 0 Å². The lowest BCUT2D eigenvalue weighted by Gasteiger charge is -2.07. The number of anilines is 1. The normalized spacial score (nSPS) is 22.6. The molecule has 1 fully saturated rings. The van der Waals surface area contributed by atoms with Crippen LogP contribution in [0, 0.1) is 5.92 Å². The Bertz CT molecular complexity index is 535. The van der Waals surface area contributed by atoms with Crippen molar-refractivity contribution in [3.05, 3.63) is 12.7 Å². The van der Waals surface area contributed by atoms with Crippen LogP contribution in [0.5, 0.6) is 0 Å². The zero-order valence-electron chi connectivity index (χ0n) is 10.2. The van der Waals surface area contributed by atoms with E-state index in [9.17, 15) is 4.79 Å². The minimum atomic E-state index is -0.214. The van der Waals surface area contributed by atoms with Crippen molar-refractivity contribution in [3.8, 4) is 0 Å². The number of hydrogen-bond donors (Lipinski definition) is 1. The number of carbonyl (C=O) groups is 1. The van der Waals surface area contributed by atoms with E-state index in [2.05, 4.69) is 32.3 Å². The van der Waals surface area contributed by atoms with Crippen LogP contribution < -0.4 is 5.32 Å². The second-order valence-corrected chi connectivity index (χ2v) is 6.83. The van der Waals surface area contributed by atoms with Gasteiger partial charge in [-0.1, -0.05) is 29.2 Å². The highest BCUT2D eigenvalue weighted by molar-refractivity contribution is 8.01. The third kappa shape index (κ3) is 2.84. The van der Waals surface area contributed by atoms with Gasteiger partial charge >= 0.3 is 0 Å². The second-order valence-electron chi connectivity index (χ2n) is 4.58. The first-order valence-corrected chi connectivity index (χ1v) is 7.83. The van der Waals surface area contributed by atoms with E-state index < -0.39 is 0 Å². The Balaban J connectivity index is 1.54. The molecule has 0 radical (unpaired) electrons. The SMILES string of the molecule is C=CCSc1nnc(NC(=O)C2CCC3(C2)N=N3)s1. The minimum Gasteiger partial charge on any atom is -0.300 e. The third-order valence-corrected chi connectivity index (χ3v) is 5.15. The maximum absolute atomic E-state index is 12.1. The summed E-state index contributed by atoms with van der Waals surface area (Å²) in [7, 11) is 0. The smallest absolute Gasteiger partial charge is 0.229 e. The zero-order valence-corrected chi connectivity index (χ0v) is 11.8. The number of hydrogen-bond acceptors (Lipinski definition) is 7. The number of aromatic nitrogens is 2. The quantitative estimate of drug-likeness (QED) is 0.514. The fraction of sp³-hybridized carbons (Fsp3) is 0.545. The number of nitrogens with one attached hydrogen (secondary N) is 1. The van der Waals surface area contributed by atoms with Crippen LogP contribution in [0.1, 0.15) is 19.3 Å². The fourth-order valence-electron chi connectivity index (χ4n) is 2.14. The summed E-state index contributed by atoms with van der Waals surface area (Å²) in [4.78, 5) is 12.1. The van der Waals surface area contributed by atoms with Crippen molar-refractivity contribution in [2.45, 2.75) is 29.3 Å². The van der Waals surface area contributed by atoms with Crippen LogP contribution in [0.4, 0.5) is 5.13 Å². The highest BCUT2D eigenvalue weighted by Gasteiger charge is 2.49. The van der Waals surface area contributed by atoms with Gasteiger partial charge in [-0.3, -0.25) is 4.79 Å². The summed E-state index contributed by atoms with van der Waals surface area (Å²) in [6.07, 6.45) is 4.28. The predicted molar refractivity (Wildman–Crippen MR) is 74.4 cm³/mol. The van der Waals surface area contributed by atoms with E-state index in [1.807, 2.05) is 6.08 Å². The van der Waals surface area contributed by atoms with E-state index in [4.69, 9.17) is 0 Å². The molecule has 1 aromatic heterocycles. The first-order chi connectivity index (χ1) is 9.21. The maximum Gasteiger partial charge on any atom is 0.229 e. The Hall–Kier alpha value is -1.28. The Labute approximate surface area is 118 Å². The lowest BCUT2D eigenvalue weighted by Crippen LogP contribution is -2.21. The van der Waals surface area contributed by atoms with E-state index in [1.165, 1.54) is 11.3 Å². The van der Waals surface area contributed by atoms with Gasteiger partial charge in [0, 0.05) is 18.1 Å². The molecule has 100 valence electrons. The molecular weight excluding hydrogens is 282 g/mol. The largest absolute Gasteiger partial charge is 0.300 e. The van der Waals surface area contributed by atoms with Gasteiger partial charge in [0.15, 0.2) is 10.0 Å². The van der Waals surface area contributed by atoms with Crippen LogP contribution >= 0.6 is 23.1 Å². The van der Waals surface area contributed by atoms with Gasteiger partial charge in [0.25, 0.3) is 0 Å². The molecule has 0 bridgehead atoms. The fourth-order valence-corrected chi connectivity index (χ4v) is 3.65. The molecule has 0 aromatic carbocycles. The molecule has 1 N–H and O–H groups in total. The summed E-state index contributed by atoms with van der Waals surface area (Å²) in [5.41, 5.74) is -0.214. The number of nitrogens with zero attached hydrogens (tertiary/aromatic N) is 4. The number of carbonyl (C=O) groups excluding carboxylic acids is 1. The molecule has 2 aliphatic rings. The number of thioether (sulfide) groups is 1. The van der Waals surface area contributed by atoms with Crippen LogP contribution in [0.25, 0.3) is 0 Å². The highest BCUT2D eigenvalue weighted by Crippen LogP contribution is 2.47. The molecule has 3 rings (SSSR count). The van der Waals surface area contributed by atoms with E-state index in [0.29, 0.717) is 5.13 Å². The molecule has 1 spiro atoms. The van der Waals surface area contributed by atoms with Gasteiger partial charge in [-0.2, -0.15) is 10.2 Å². The molecule has 1 aromatic rings. The van der Waals surface area contributed by atoms with Crippen molar-refractivity contribution in [1.82, 2.24) is 10.2 Å². The van der Waals surface area contributed by atoms with Gasteiger partial charge in [-0.05, 0) is 12.8 Å². The molecule has 0 saturated heterocycles. The monoisotopic (exact) mass is 295 g/mol. The molecule has 1 aliphatic carbocycles. The molecular formula is C11H13N5OS2. The molecule has 8 heteroatoms. The summed E-state index contributed by atoms with van der Waals surface area (Å²) >= 11 is 2.95. The van der Waals surface area contributed by atoms with Crippen LogP contribution in [0.15, 0.2) is 27.2 Å². The summed E-state index contributed by atoms with van der Waals surface area (Å²) in [6.45, 7) is 3.65. The van der Waals surface area contributed by atoms with Crippen molar-refractivity contribution < 1.29 is 4.79 Å². The van der Waals surface area contributed by atoms with E-state index in [-0.39, 0.29) is 17.5 Å². The lowest BCUT2D eigenvalue weighted by molar-refractivity contribution is -0.119.